The molecule has 176 valence electrons. The maximum Gasteiger partial charge on any atom is 0.224 e. The van der Waals surface area contributed by atoms with E-state index in [9.17, 15) is 9.18 Å². The third-order valence-corrected chi connectivity index (χ3v) is 5.95. The molecule has 6 nitrogen and oxygen atoms in total. The number of nitrogens with one attached hydrogen (secondary N) is 1. The van der Waals surface area contributed by atoms with Crippen LogP contribution in [0.15, 0.2) is 42.5 Å². The highest BCUT2D eigenvalue weighted by Crippen LogP contribution is 2.32. The Morgan fingerprint density at radius 3 is 2.50 bits per heavy atom. The monoisotopic (exact) mass is 460 g/mol. The number of amides is 1. The average molecular weight is 461 g/mol. The molecule has 4 aromatic rings. The fraction of sp³-hybridized carbons (Fsp3) is 0.296. The lowest BCUT2D eigenvalue weighted by molar-refractivity contribution is -0.116. The van der Waals surface area contributed by atoms with Crippen molar-refractivity contribution in [1.82, 2.24) is 14.8 Å². The molecule has 0 unspecified atom stereocenters. The van der Waals surface area contributed by atoms with Gasteiger partial charge in [-0.2, -0.15) is 10.1 Å². The second-order valence-electron chi connectivity index (χ2n) is 8.50. The highest BCUT2D eigenvalue weighted by Gasteiger charge is 2.20. The molecular weight excluding hydrogens is 431 g/mol. The first kappa shape index (κ1) is 23.4. The van der Waals surface area contributed by atoms with Gasteiger partial charge in [0.05, 0.1) is 18.0 Å². The zero-order valence-electron chi connectivity index (χ0n) is 20.2. The second kappa shape index (κ2) is 9.63. The molecule has 0 aliphatic rings. The largest absolute Gasteiger partial charge is 0.478 e. The minimum Gasteiger partial charge on any atom is -0.478 e. The van der Waals surface area contributed by atoms with Crippen molar-refractivity contribution in [2.24, 2.45) is 0 Å². The first-order chi connectivity index (χ1) is 16.3. The number of hydrogen-bond donors (Lipinski definition) is 1. The number of aromatic nitrogens is 3. The average Bonchev–Trinajstić information content (AvgIpc) is 3.13. The van der Waals surface area contributed by atoms with Gasteiger partial charge in [-0.3, -0.25) is 4.79 Å². The molecule has 2 heterocycles. The van der Waals surface area contributed by atoms with E-state index in [1.807, 2.05) is 56.6 Å². The molecule has 34 heavy (non-hydrogen) atoms. The van der Waals surface area contributed by atoms with Crippen LogP contribution in [-0.2, 0) is 11.2 Å². The van der Waals surface area contributed by atoms with Gasteiger partial charge in [-0.1, -0.05) is 23.8 Å². The van der Waals surface area contributed by atoms with E-state index in [0.717, 1.165) is 33.5 Å². The molecule has 0 fully saturated rings. The smallest absolute Gasteiger partial charge is 0.224 e. The summed E-state index contributed by atoms with van der Waals surface area (Å²) in [5, 5.41) is 8.47. The predicted molar refractivity (Wildman–Crippen MR) is 132 cm³/mol. The number of hydrogen-bond acceptors (Lipinski definition) is 4. The topological polar surface area (TPSA) is 69.0 Å². The molecule has 0 spiro atoms. The Labute approximate surface area is 198 Å². The Morgan fingerprint density at radius 1 is 1.09 bits per heavy atom. The molecule has 1 amide bonds. The van der Waals surface area contributed by atoms with E-state index in [-0.39, 0.29) is 18.1 Å². The van der Waals surface area contributed by atoms with Gasteiger partial charge in [0.2, 0.25) is 11.8 Å². The molecule has 4 rings (SSSR count). The number of aryl methyl sites for hydroxylation is 4. The number of carbonyl (C=O) groups excluding carboxylic acids is 1. The Morgan fingerprint density at radius 2 is 1.82 bits per heavy atom. The quantitative estimate of drug-likeness (QED) is 0.381. The van der Waals surface area contributed by atoms with Crippen molar-refractivity contribution in [1.29, 1.82) is 0 Å². The van der Waals surface area contributed by atoms with Crippen molar-refractivity contribution in [3.8, 4) is 11.6 Å². The summed E-state index contributed by atoms with van der Waals surface area (Å²) in [6, 6.07) is 12.8. The molecule has 0 saturated heterocycles. The highest BCUT2D eigenvalue weighted by molar-refractivity contribution is 5.91. The Hall–Kier alpha value is -3.74. The fourth-order valence-electron chi connectivity index (χ4n) is 4.08. The van der Waals surface area contributed by atoms with E-state index >= 15 is 0 Å². The Balaban J connectivity index is 1.65. The van der Waals surface area contributed by atoms with Crippen LogP contribution in [0.25, 0.3) is 16.7 Å². The molecule has 2 aromatic carbocycles. The lowest BCUT2D eigenvalue weighted by Crippen LogP contribution is -2.14. The molecule has 1 N–H and O–H groups in total. The van der Waals surface area contributed by atoms with Gasteiger partial charge in [0.1, 0.15) is 5.82 Å². The van der Waals surface area contributed by atoms with Crippen LogP contribution >= 0.6 is 0 Å². The SMILES string of the molecule is CCOc1nc2c(c(C)nn2-c2ccc(C)cc2)c(C)c1CCC(=O)Nc1ccc(C)c(F)c1. The van der Waals surface area contributed by atoms with Crippen LogP contribution < -0.4 is 10.1 Å². The fourth-order valence-corrected chi connectivity index (χ4v) is 4.08. The van der Waals surface area contributed by atoms with Crippen LogP contribution in [0, 0.1) is 33.5 Å². The molecule has 0 atom stereocenters. The number of carbonyl (C=O) groups is 1. The Kier molecular flexibility index (Phi) is 6.63. The summed E-state index contributed by atoms with van der Waals surface area (Å²) in [4.78, 5) is 17.4. The van der Waals surface area contributed by atoms with Crippen LogP contribution in [0.5, 0.6) is 5.88 Å². The van der Waals surface area contributed by atoms with Crippen molar-refractivity contribution in [2.75, 3.05) is 11.9 Å². The summed E-state index contributed by atoms with van der Waals surface area (Å²) in [6.07, 6.45) is 0.661. The third kappa shape index (κ3) is 4.64. The highest BCUT2D eigenvalue weighted by atomic mass is 19.1. The van der Waals surface area contributed by atoms with E-state index in [4.69, 9.17) is 14.8 Å². The van der Waals surface area contributed by atoms with E-state index in [2.05, 4.69) is 5.32 Å². The molecule has 0 saturated carbocycles. The van der Waals surface area contributed by atoms with Crippen molar-refractivity contribution in [2.45, 2.75) is 47.5 Å². The van der Waals surface area contributed by atoms with Crippen LogP contribution in [0.2, 0.25) is 0 Å². The van der Waals surface area contributed by atoms with Gasteiger partial charge in [-0.15, -0.1) is 0 Å². The van der Waals surface area contributed by atoms with Gasteiger partial charge in [-0.05, 0) is 76.4 Å². The minimum atomic E-state index is -0.344. The number of halogens is 1. The van der Waals surface area contributed by atoms with Gasteiger partial charge < -0.3 is 10.1 Å². The maximum atomic E-state index is 13.8. The number of nitrogens with zero attached hydrogens (tertiary/aromatic N) is 3. The van der Waals surface area contributed by atoms with Gasteiger partial charge in [0.15, 0.2) is 5.65 Å². The van der Waals surface area contributed by atoms with E-state index in [1.54, 1.807) is 19.1 Å². The summed E-state index contributed by atoms with van der Waals surface area (Å²) < 4.78 is 21.5. The predicted octanol–water partition coefficient (Wildman–Crippen LogP) is 5.76. The number of ether oxygens (including phenoxy) is 1. The number of pyridine rings is 1. The third-order valence-electron chi connectivity index (χ3n) is 5.95. The summed E-state index contributed by atoms with van der Waals surface area (Å²) >= 11 is 0. The van der Waals surface area contributed by atoms with E-state index < -0.39 is 0 Å². The minimum absolute atomic E-state index is 0.197. The number of fused-ring (bicyclic) bond motifs is 1. The number of benzene rings is 2. The standard InChI is InChI=1S/C27H29FN4O2/c1-6-34-27-22(13-14-24(33)29-20-10-9-17(3)23(28)15-20)18(4)25-19(5)31-32(26(25)30-27)21-11-7-16(2)8-12-21/h7-12,15H,6,13-14H2,1-5H3,(H,29,33). The van der Waals surface area contributed by atoms with Crippen molar-refractivity contribution in [3.63, 3.8) is 0 Å². The van der Waals surface area contributed by atoms with Crippen LogP contribution in [0.4, 0.5) is 10.1 Å². The first-order valence-corrected chi connectivity index (χ1v) is 11.4. The zero-order valence-corrected chi connectivity index (χ0v) is 20.2. The second-order valence-corrected chi connectivity index (χ2v) is 8.50. The van der Waals surface area contributed by atoms with Crippen LogP contribution in [-0.4, -0.2) is 27.3 Å². The number of anilines is 1. The van der Waals surface area contributed by atoms with Gasteiger partial charge in [0, 0.05) is 23.1 Å². The van der Waals surface area contributed by atoms with Crippen molar-refractivity contribution < 1.29 is 13.9 Å². The van der Waals surface area contributed by atoms with Gasteiger partial charge in [0.25, 0.3) is 0 Å². The van der Waals surface area contributed by atoms with Gasteiger partial charge in [-0.25, -0.2) is 9.07 Å². The van der Waals surface area contributed by atoms with Crippen LogP contribution in [0.1, 0.15) is 41.3 Å². The summed E-state index contributed by atoms with van der Waals surface area (Å²) in [5.41, 5.74) is 6.55. The van der Waals surface area contributed by atoms with Crippen LogP contribution in [0.3, 0.4) is 0 Å². The molecule has 7 heteroatoms. The lowest BCUT2D eigenvalue weighted by atomic mass is 10.0. The molecule has 2 aromatic heterocycles. The van der Waals surface area contributed by atoms with E-state index in [0.29, 0.717) is 30.2 Å². The lowest BCUT2D eigenvalue weighted by Gasteiger charge is -2.14. The normalized spacial score (nSPS) is 11.1. The zero-order chi connectivity index (χ0) is 24.4. The molecule has 0 bridgehead atoms. The molecule has 0 aliphatic carbocycles. The van der Waals surface area contributed by atoms with E-state index in [1.165, 1.54) is 11.6 Å². The summed E-state index contributed by atoms with van der Waals surface area (Å²) in [7, 11) is 0. The molecular formula is C27H29FN4O2. The molecule has 0 aliphatic heterocycles. The molecule has 0 radical (unpaired) electrons. The summed E-state index contributed by atoms with van der Waals surface area (Å²) in [6.45, 7) is 10.1. The first-order valence-electron chi connectivity index (χ1n) is 11.4. The van der Waals surface area contributed by atoms with Crippen molar-refractivity contribution >= 4 is 22.6 Å². The summed E-state index contributed by atoms with van der Waals surface area (Å²) in [5.74, 6) is -0.0322. The van der Waals surface area contributed by atoms with Crippen molar-refractivity contribution in [3.05, 3.63) is 76.2 Å². The Bertz CT molecular complexity index is 1360. The maximum absolute atomic E-state index is 13.8. The number of rotatable bonds is 7. The van der Waals surface area contributed by atoms with Gasteiger partial charge >= 0.3 is 0 Å².